The second-order valence-electron chi connectivity index (χ2n) is 8.99. The van der Waals surface area contributed by atoms with Crippen LogP contribution in [0.25, 0.3) is 0 Å². The first kappa shape index (κ1) is 19.5. The minimum Gasteiger partial charge on any atom is -0.351 e. The number of rotatable bonds is 5. The number of carbonyl (C=O) groups is 1. The number of hydrogen-bond donors (Lipinski definition) is 2. The third kappa shape index (κ3) is 3.71. The summed E-state index contributed by atoms with van der Waals surface area (Å²) in [5.74, 6) is 0.433. The number of amides is 1. The molecule has 5 rings (SSSR count). The zero-order valence-corrected chi connectivity index (χ0v) is 17.3. The van der Waals surface area contributed by atoms with E-state index in [1.165, 1.54) is 0 Å². The molecule has 1 aliphatic carbocycles. The number of piperidine rings is 2. The Balaban J connectivity index is 1.23. The highest BCUT2D eigenvalue weighted by Crippen LogP contribution is 2.40. The molecule has 4 aliphatic rings. The highest BCUT2D eigenvalue weighted by atomic mass is 32.2. The summed E-state index contributed by atoms with van der Waals surface area (Å²) in [5, 5.41) is 7.04. The summed E-state index contributed by atoms with van der Waals surface area (Å²) < 4.78 is 35.0. The van der Waals surface area contributed by atoms with E-state index in [1.54, 1.807) is 14.7 Å². The molecule has 3 saturated heterocycles. The normalized spacial score (nSPS) is 31.8. The molecule has 9 nitrogen and oxygen atoms in total. The Kier molecular flexibility index (Phi) is 4.92. The predicted octanol–water partition coefficient (Wildman–Crippen LogP) is 0.945. The second-order valence-corrected chi connectivity index (χ2v) is 10.8. The Hall–Kier alpha value is -1.49. The molecule has 29 heavy (non-hydrogen) atoms. The van der Waals surface area contributed by atoms with E-state index in [4.69, 9.17) is 10.3 Å². The van der Waals surface area contributed by atoms with Crippen LogP contribution < -0.4 is 11.1 Å². The van der Waals surface area contributed by atoms with Gasteiger partial charge in [0, 0.05) is 49.2 Å². The summed E-state index contributed by atoms with van der Waals surface area (Å²) in [6.45, 7) is 0.989. The molecule has 1 aromatic rings. The van der Waals surface area contributed by atoms with Crippen LogP contribution in [-0.4, -0.2) is 65.3 Å². The first-order valence-corrected chi connectivity index (χ1v) is 12.1. The van der Waals surface area contributed by atoms with E-state index >= 15 is 0 Å². The fourth-order valence-electron chi connectivity index (χ4n) is 5.09. The van der Waals surface area contributed by atoms with Crippen molar-refractivity contribution in [3.63, 3.8) is 0 Å². The van der Waals surface area contributed by atoms with Crippen molar-refractivity contribution >= 4 is 16.1 Å². The molecule has 1 saturated carbocycles. The average molecular weight is 424 g/mol. The Morgan fingerprint density at radius 2 is 1.76 bits per heavy atom. The summed E-state index contributed by atoms with van der Waals surface area (Å²) in [7, 11) is -3.48. The molecule has 0 unspecified atom stereocenters. The van der Waals surface area contributed by atoms with E-state index in [2.05, 4.69) is 10.5 Å². The van der Waals surface area contributed by atoms with Crippen LogP contribution in [-0.2, 0) is 10.2 Å². The Bertz CT molecular complexity index is 861. The molecule has 3 aliphatic heterocycles. The Labute approximate surface area is 171 Å². The molecule has 0 radical (unpaired) electrons. The molecule has 10 heteroatoms. The van der Waals surface area contributed by atoms with Crippen LogP contribution in [0.15, 0.2) is 10.6 Å². The maximum Gasteiger partial charge on any atom is 0.290 e. The number of fused-ring (bicyclic) bond motifs is 2. The van der Waals surface area contributed by atoms with Crippen LogP contribution in [0.3, 0.4) is 0 Å². The van der Waals surface area contributed by atoms with Crippen LogP contribution in [0.4, 0.5) is 0 Å². The summed E-state index contributed by atoms with van der Waals surface area (Å²) in [6, 6.07) is 1.67. The van der Waals surface area contributed by atoms with Crippen LogP contribution in [0.2, 0.25) is 0 Å². The third-order valence-electron chi connectivity index (χ3n) is 6.84. The van der Waals surface area contributed by atoms with Gasteiger partial charge in [-0.3, -0.25) is 4.79 Å². The molecular formula is C19H29N5O4S. The number of aromatic nitrogens is 1. The molecule has 0 aromatic carbocycles. The lowest BCUT2D eigenvalue weighted by molar-refractivity contribution is 0.0869. The minimum absolute atomic E-state index is 0.0456. The highest BCUT2D eigenvalue weighted by molar-refractivity contribution is 7.86. The smallest absolute Gasteiger partial charge is 0.290 e. The van der Waals surface area contributed by atoms with Crippen molar-refractivity contribution < 1.29 is 17.7 Å². The van der Waals surface area contributed by atoms with Gasteiger partial charge in [-0.15, -0.1) is 0 Å². The Morgan fingerprint density at radius 1 is 1.10 bits per heavy atom. The zero-order valence-electron chi connectivity index (χ0n) is 16.5. The van der Waals surface area contributed by atoms with E-state index in [1.807, 2.05) is 0 Å². The molecule has 160 valence electrons. The summed E-state index contributed by atoms with van der Waals surface area (Å²) in [5.41, 5.74) is 6.79. The third-order valence-corrected chi connectivity index (χ3v) is 8.99. The molecule has 1 aromatic heterocycles. The molecule has 0 spiro atoms. The minimum atomic E-state index is -3.48. The van der Waals surface area contributed by atoms with Gasteiger partial charge in [-0.25, -0.2) is 0 Å². The van der Waals surface area contributed by atoms with E-state index in [0.717, 1.165) is 31.4 Å². The highest BCUT2D eigenvalue weighted by Gasteiger charge is 2.49. The Morgan fingerprint density at radius 3 is 2.38 bits per heavy atom. The monoisotopic (exact) mass is 423 g/mol. The number of carbonyl (C=O) groups excluding carboxylic acids is 1. The lowest BCUT2D eigenvalue weighted by Gasteiger charge is -2.41. The van der Waals surface area contributed by atoms with Gasteiger partial charge in [0.25, 0.3) is 16.1 Å². The van der Waals surface area contributed by atoms with Gasteiger partial charge in [0.1, 0.15) is 0 Å². The number of nitrogens with zero attached hydrogens (tertiary/aromatic N) is 3. The summed E-state index contributed by atoms with van der Waals surface area (Å²) >= 11 is 0. The van der Waals surface area contributed by atoms with Gasteiger partial charge in [0.2, 0.25) is 5.76 Å². The second kappa shape index (κ2) is 7.33. The molecule has 3 atom stereocenters. The van der Waals surface area contributed by atoms with Gasteiger partial charge in [-0.1, -0.05) is 5.16 Å². The topological polar surface area (TPSA) is 122 Å². The van der Waals surface area contributed by atoms with Crippen LogP contribution in [0, 0.1) is 0 Å². The van der Waals surface area contributed by atoms with Gasteiger partial charge in [0.05, 0.1) is 5.69 Å². The fourth-order valence-corrected chi connectivity index (χ4v) is 7.17. The van der Waals surface area contributed by atoms with Gasteiger partial charge in [-0.05, 0) is 51.4 Å². The maximum atomic E-state index is 13.2. The van der Waals surface area contributed by atoms with Crippen LogP contribution >= 0.6 is 0 Å². The molecule has 2 bridgehead atoms. The van der Waals surface area contributed by atoms with Gasteiger partial charge in [0.15, 0.2) is 0 Å². The molecule has 3 N–H and O–H groups in total. The van der Waals surface area contributed by atoms with E-state index in [-0.39, 0.29) is 35.8 Å². The van der Waals surface area contributed by atoms with Crippen LogP contribution in [0.1, 0.15) is 73.5 Å². The predicted molar refractivity (Wildman–Crippen MR) is 105 cm³/mol. The molecule has 4 heterocycles. The fraction of sp³-hybridized carbons (Fsp3) is 0.789. The first-order valence-electron chi connectivity index (χ1n) is 10.7. The lowest BCUT2D eigenvalue weighted by atomic mass is 9.99. The van der Waals surface area contributed by atoms with E-state index in [0.29, 0.717) is 44.7 Å². The van der Waals surface area contributed by atoms with E-state index in [9.17, 15) is 13.2 Å². The molecule has 1 amide bonds. The maximum absolute atomic E-state index is 13.2. The SMILES string of the molecule is NC1CCN(S(=O)(=O)N2[C@@H]3CC[C@H]2C[C@H](NC(=O)c2cc(C4CC4)no2)C3)CC1. The largest absolute Gasteiger partial charge is 0.351 e. The summed E-state index contributed by atoms with van der Waals surface area (Å²) in [4.78, 5) is 12.6. The van der Waals surface area contributed by atoms with Crippen molar-refractivity contribution in [1.82, 2.24) is 19.1 Å². The van der Waals surface area contributed by atoms with Crippen molar-refractivity contribution in [3.05, 3.63) is 17.5 Å². The van der Waals surface area contributed by atoms with E-state index < -0.39 is 10.2 Å². The quantitative estimate of drug-likeness (QED) is 0.727. The van der Waals surface area contributed by atoms with Crippen molar-refractivity contribution in [2.24, 2.45) is 5.73 Å². The van der Waals surface area contributed by atoms with Gasteiger partial charge >= 0.3 is 0 Å². The van der Waals surface area contributed by atoms with Crippen molar-refractivity contribution in [2.45, 2.75) is 81.5 Å². The zero-order chi connectivity index (χ0) is 20.2. The molecular weight excluding hydrogens is 394 g/mol. The summed E-state index contributed by atoms with van der Waals surface area (Å²) in [6.07, 6.45) is 6.59. The van der Waals surface area contributed by atoms with Gasteiger partial charge < -0.3 is 15.6 Å². The first-order chi connectivity index (χ1) is 13.9. The number of nitrogens with two attached hydrogens (primary N) is 1. The van der Waals surface area contributed by atoms with Crippen molar-refractivity contribution in [2.75, 3.05) is 13.1 Å². The standard InChI is InChI=1S/C19H29N5O4S/c20-13-5-7-23(8-6-13)29(26,27)24-15-3-4-16(24)10-14(9-15)21-19(25)18-11-17(22-28-18)12-1-2-12/h11-16H,1-10,20H2,(H,21,25)/t14-,15-,16+. The number of hydrogen-bond acceptors (Lipinski definition) is 6. The number of nitrogens with one attached hydrogen (secondary N) is 1. The van der Waals surface area contributed by atoms with Crippen molar-refractivity contribution in [1.29, 1.82) is 0 Å². The lowest BCUT2D eigenvalue weighted by Crippen LogP contribution is -2.57. The van der Waals surface area contributed by atoms with Crippen LogP contribution in [0.5, 0.6) is 0 Å². The van der Waals surface area contributed by atoms with Crippen molar-refractivity contribution in [3.8, 4) is 0 Å². The molecule has 4 fully saturated rings. The van der Waals surface area contributed by atoms with Gasteiger partial charge in [-0.2, -0.15) is 17.0 Å². The average Bonchev–Trinajstić information content (AvgIpc) is 3.34.